The molecule has 0 fully saturated rings. The lowest BCUT2D eigenvalue weighted by molar-refractivity contribution is -0.117. The standard InChI is InChI=1S/C15H20N4OS/c1-10-4-5-12(16)6-14(10)18-15(20)8-19(3)7-13-9-21-11(2)17-13/h4-6,9H,7-8,16H2,1-3H3,(H,18,20). The van der Waals surface area contributed by atoms with Gasteiger partial charge < -0.3 is 11.1 Å². The highest BCUT2D eigenvalue weighted by Gasteiger charge is 2.10. The van der Waals surface area contributed by atoms with Gasteiger partial charge in [-0.05, 0) is 38.6 Å². The molecule has 0 atom stereocenters. The molecule has 6 heteroatoms. The molecule has 3 N–H and O–H groups in total. The van der Waals surface area contributed by atoms with Gasteiger partial charge in [0.2, 0.25) is 5.91 Å². The topological polar surface area (TPSA) is 71.2 Å². The number of rotatable bonds is 5. The fourth-order valence-electron chi connectivity index (χ4n) is 2.02. The number of carbonyl (C=O) groups is 1. The minimum atomic E-state index is -0.0573. The number of nitrogen functional groups attached to an aromatic ring is 1. The molecular weight excluding hydrogens is 284 g/mol. The molecule has 2 aromatic rings. The summed E-state index contributed by atoms with van der Waals surface area (Å²) in [6, 6.07) is 5.49. The maximum Gasteiger partial charge on any atom is 0.238 e. The molecule has 1 heterocycles. The quantitative estimate of drug-likeness (QED) is 0.832. The lowest BCUT2D eigenvalue weighted by Crippen LogP contribution is -2.30. The van der Waals surface area contributed by atoms with Gasteiger partial charge in [0.25, 0.3) is 0 Å². The van der Waals surface area contributed by atoms with E-state index >= 15 is 0 Å². The van der Waals surface area contributed by atoms with Crippen LogP contribution in [0.4, 0.5) is 11.4 Å². The van der Waals surface area contributed by atoms with Gasteiger partial charge in [0.15, 0.2) is 0 Å². The zero-order chi connectivity index (χ0) is 15.4. The number of nitrogens with one attached hydrogen (secondary N) is 1. The summed E-state index contributed by atoms with van der Waals surface area (Å²) in [7, 11) is 1.90. The summed E-state index contributed by atoms with van der Waals surface area (Å²) in [5.74, 6) is -0.0573. The predicted molar refractivity (Wildman–Crippen MR) is 87.4 cm³/mol. The fourth-order valence-corrected chi connectivity index (χ4v) is 2.63. The number of amides is 1. The summed E-state index contributed by atoms with van der Waals surface area (Å²) in [6.07, 6.45) is 0. The molecular formula is C15H20N4OS. The Kier molecular flexibility index (Phi) is 4.93. The third kappa shape index (κ3) is 4.54. The molecule has 5 nitrogen and oxygen atoms in total. The van der Waals surface area contributed by atoms with Crippen LogP contribution in [0.5, 0.6) is 0 Å². The van der Waals surface area contributed by atoms with Crippen LogP contribution in [0.3, 0.4) is 0 Å². The van der Waals surface area contributed by atoms with Crippen LogP contribution in [-0.4, -0.2) is 29.4 Å². The molecule has 0 saturated carbocycles. The van der Waals surface area contributed by atoms with Gasteiger partial charge in [-0.25, -0.2) is 4.98 Å². The predicted octanol–water partition coefficient (Wildman–Crippen LogP) is 2.41. The van der Waals surface area contributed by atoms with Crippen molar-refractivity contribution in [1.82, 2.24) is 9.88 Å². The second kappa shape index (κ2) is 6.69. The molecule has 0 unspecified atom stereocenters. The first kappa shape index (κ1) is 15.5. The van der Waals surface area contributed by atoms with Crippen molar-refractivity contribution in [3.63, 3.8) is 0 Å². The first-order valence-corrected chi connectivity index (χ1v) is 7.57. The van der Waals surface area contributed by atoms with Crippen LogP contribution in [-0.2, 0) is 11.3 Å². The number of thiazole rings is 1. The molecule has 0 aliphatic heterocycles. The molecule has 2 rings (SSSR count). The number of anilines is 2. The van der Waals surface area contributed by atoms with Crippen LogP contribution in [0.2, 0.25) is 0 Å². The number of aryl methyl sites for hydroxylation is 2. The average molecular weight is 304 g/mol. The maximum absolute atomic E-state index is 12.1. The minimum Gasteiger partial charge on any atom is -0.399 e. The second-order valence-corrected chi connectivity index (χ2v) is 6.21. The molecule has 0 saturated heterocycles. The number of nitrogens with two attached hydrogens (primary N) is 1. The van der Waals surface area contributed by atoms with E-state index in [1.165, 1.54) is 0 Å². The summed E-state index contributed by atoms with van der Waals surface area (Å²) < 4.78 is 0. The van der Waals surface area contributed by atoms with Crippen LogP contribution in [0.25, 0.3) is 0 Å². The number of hydrogen-bond acceptors (Lipinski definition) is 5. The van der Waals surface area contributed by atoms with E-state index in [9.17, 15) is 4.79 Å². The number of likely N-dealkylation sites (N-methyl/N-ethyl adjacent to an activating group) is 1. The third-order valence-corrected chi connectivity index (χ3v) is 3.87. The van der Waals surface area contributed by atoms with Gasteiger partial charge in [-0.15, -0.1) is 11.3 Å². The SMILES string of the molecule is Cc1nc(CN(C)CC(=O)Nc2cc(N)ccc2C)cs1. The van der Waals surface area contributed by atoms with E-state index in [0.717, 1.165) is 22.0 Å². The van der Waals surface area contributed by atoms with Gasteiger partial charge in [-0.1, -0.05) is 6.07 Å². The Morgan fingerprint density at radius 1 is 1.43 bits per heavy atom. The zero-order valence-corrected chi connectivity index (χ0v) is 13.3. The van der Waals surface area contributed by atoms with Gasteiger partial charge >= 0.3 is 0 Å². The Hall–Kier alpha value is -1.92. The number of aromatic nitrogens is 1. The van der Waals surface area contributed by atoms with Gasteiger partial charge in [0.1, 0.15) is 0 Å². The van der Waals surface area contributed by atoms with Crippen LogP contribution < -0.4 is 11.1 Å². The van der Waals surface area contributed by atoms with Crippen molar-refractivity contribution >= 4 is 28.6 Å². The highest BCUT2D eigenvalue weighted by molar-refractivity contribution is 7.09. The number of hydrogen-bond donors (Lipinski definition) is 2. The molecule has 1 amide bonds. The number of benzene rings is 1. The molecule has 21 heavy (non-hydrogen) atoms. The Labute approximate surface area is 128 Å². The van der Waals surface area contributed by atoms with Crippen molar-refractivity contribution in [2.45, 2.75) is 20.4 Å². The van der Waals surface area contributed by atoms with Gasteiger partial charge in [-0.3, -0.25) is 9.69 Å². The van der Waals surface area contributed by atoms with Crippen LogP contribution >= 0.6 is 11.3 Å². The van der Waals surface area contributed by atoms with Gasteiger partial charge in [-0.2, -0.15) is 0 Å². The van der Waals surface area contributed by atoms with E-state index in [1.54, 1.807) is 17.4 Å². The number of nitrogens with zero attached hydrogens (tertiary/aromatic N) is 2. The first-order chi connectivity index (χ1) is 9.94. The molecule has 0 spiro atoms. The molecule has 112 valence electrons. The third-order valence-electron chi connectivity index (χ3n) is 3.05. The summed E-state index contributed by atoms with van der Waals surface area (Å²) in [5, 5.41) is 5.95. The monoisotopic (exact) mass is 304 g/mol. The van der Waals surface area contributed by atoms with Crippen LogP contribution in [0, 0.1) is 13.8 Å². The molecule has 1 aromatic carbocycles. The normalized spacial score (nSPS) is 10.9. The molecule has 1 aromatic heterocycles. The van der Waals surface area contributed by atoms with E-state index in [-0.39, 0.29) is 5.91 Å². The highest BCUT2D eigenvalue weighted by atomic mass is 32.1. The Balaban J connectivity index is 1.90. The lowest BCUT2D eigenvalue weighted by atomic mass is 10.2. The Morgan fingerprint density at radius 2 is 2.19 bits per heavy atom. The summed E-state index contributed by atoms with van der Waals surface area (Å²) in [6.45, 7) is 4.89. The average Bonchev–Trinajstić information content (AvgIpc) is 2.79. The van der Waals surface area contributed by atoms with E-state index in [1.807, 2.05) is 43.3 Å². The van der Waals surface area contributed by atoms with Gasteiger partial charge in [0.05, 0.1) is 17.2 Å². The molecule has 0 bridgehead atoms. The Bertz CT molecular complexity index is 638. The van der Waals surface area contributed by atoms with Crippen molar-refractivity contribution in [1.29, 1.82) is 0 Å². The zero-order valence-electron chi connectivity index (χ0n) is 12.5. The van der Waals surface area contributed by atoms with Crippen molar-refractivity contribution in [3.05, 3.63) is 39.8 Å². The van der Waals surface area contributed by atoms with Crippen LogP contribution in [0.15, 0.2) is 23.6 Å². The van der Waals surface area contributed by atoms with E-state index in [4.69, 9.17) is 5.73 Å². The fraction of sp³-hybridized carbons (Fsp3) is 0.333. The minimum absolute atomic E-state index is 0.0573. The highest BCUT2D eigenvalue weighted by Crippen LogP contribution is 2.18. The smallest absolute Gasteiger partial charge is 0.238 e. The summed E-state index contributed by atoms with van der Waals surface area (Å²) >= 11 is 1.62. The van der Waals surface area contributed by atoms with Gasteiger partial charge in [0, 0.05) is 23.3 Å². The van der Waals surface area contributed by atoms with Crippen LogP contribution in [0.1, 0.15) is 16.3 Å². The largest absolute Gasteiger partial charge is 0.399 e. The van der Waals surface area contributed by atoms with E-state index in [0.29, 0.717) is 18.8 Å². The number of carbonyl (C=O) groups excluding carboxylic acids is 1. The Morgan fingerprint density at radius 3 is 2.86 bits per heavy atom. The first-order valence-electron chi connectivity index (χ1n) is 6.69. The van der Waals surface area contributed by atoms with Crippen molar-refractivity contribution in [2.75, 3.05) is 24.6 Å². The van der Waals surface area contributed by atoms with Crippen molar-refractivity contribution < 1.29 is 4.79 Å². The van der Waals surface area contributed by atoms with Crippen molar-refractivity contribution in [3.8, 4) is 0 Å². The van der Waals surface area contributed by atoms with E-state index in [2.05, 4.69) is 10.3 Å². The molecule has 0 aliphatic carbocycles. The van der Waals surface area contributed by atoms with E-state index < -0.39 is 0 Å². The summed E-state index contributed by atoms with van der Waals surface area (Å²) in [5.41, 5.74) is 9.13. The van der Waals surface area contributed by atoms with Crippen molar-refractivity contribution in [2.24, 2.45) is 0 Å². The molecule has 0 radical (unpaired) electrons. The second-order valence-electron chi connectivity index (χ2n) is 5.15. The molecule has 0 aliphatic rings. The summed E-state index contributed by atoms with van der Waals surface area (Å²) in [4.78, 5) is 18.4. The lowest BCUT2D eigenvalue weighted by Gasteiger charge is -2.16. The maximum atomic E-state index is 12.1.